The second-order valence-electron chi connectivity index (χ2n) is 10.2. The Balaban J connectivity index is 0.00000280. The van der Waals surface area contributed by atoms with Crippen molar-refractivity contribution < 1.29 is 35.5 Å². The summed E-state index contributed by atoms with van der Waals surface area (Å²) in [7, 11) is 1.39. The number of carbonyl (C=O) groups excluding carboxylic acids is 1. The van der Waals surface area contributed by atoms with E-state index in [2.05, 4.69) is 10.2 Å². The molecule has 0 aromatic heterocycles. The van der Waals surface area contributed by atoms with Crippen LogP contribution in [0.1, 0.15) is 57.8 Å². The summed E-state index contributed by atoms with van der Waals surface area (Å²) in [4.78, 5) is 16.9. The van der Waals surface area contributed by atoms with Gasteiger partial charge in [-0.25, -0.2) is 4.39 Å². The van der Waals surface area contributed by atoms with E-state index in [0.717, 1.165) is 25.9 Å². The first-order valence-corrected chi connectivity index (χ1v) is 12.5. The molecule has 1 amide bonds. The van der Waals surface area contributed by atoms with Crippen molar-refractivity contribution in [1.29, 1.82) is 0 Å². The summed E-state index contributed by atoms with van der Waals surface area (Å²) in [6, 6.07) is 5.48. The van der Waals surface area contributed by atoms with Crippen LogP contribution >= 0.6 is 24.8 Å². The maximum Gasteiger partial charge on any atom is 0.416 e. The average molecular weight is 618 g/mol. The van der Waals surface area contributed by atoms with Crippen LogP contribution in [0.5, 0.6) is 0 Å². The quantitative estimate of drug-likeness (QED) is 0.388. The summed E-state index contributed by atoms with van der Waals surface area (Å²) in [6.45, 7) is 4.45. The summed E-state index contributed by atoms with van der Waals surface area (Å²) in [6.07, 6.45) is -7.82. The first-order valence-electron chi connectivity index (χ1n) is 12.5. The zero-order chi connectivity index (χ0) is 27.8. The Labute approximate surface area is 241 Å². The molecule has 2 aliphatic heterocycles. The van der Waals surface area contributed by atoms with Crippen molar-refractivity contribution in [1.82, 2.24) is 15.1 Å². The molecule has 0 aliphatic carbocycles. The average Bonchev–Trinajstić information content (AvgIpc) is 2.88. The van der Waals surface area contributed by atoms with Gasteiger partial charge >= 0.3 is 12.4 Å². The molecule has 2 aliphatic rings. The van der Waals surface area contributed by atoms with Crippen LogP contribution in [0.2, 0.25) is 0 Å². The smallest absolute Gasteiger partial charge is 0.338 e. The number of nitrogens with zero attached hydrogens (tertiary/aromatic N) is 2. The van der Waals surface area contributed by atoms with Crippen molar-refractivity contribution in [3.8, 4) is 0 Å². The van der Waals surface area contributed by atoms with Gasteiger partial charge in [-0.15, -0.1) is 24.8 Å². The maximum absolute atomic E-state index is 14.5. The molecule has 4 rings (SSSR count). The van der Waals surface area contributed by atoms with E-state index in [1.54, 1.807) is 19.1 Å². The molecular weight excluding hydrogens is 586 g/mol. The lowest BCUT2D eigenvalue weighted by Gasteiger charge is -2.46. The molecule has 2 atom stereocenters. The van der Waals surface area contributed by atoms with E-state index < -0.39 is 46.8 Å². The van der Waals surface area contributed by atoms with Crippen molar-refractivity contribution in [3.63, 3.8) is 0 Å². The minimum absolute atomic E-state index is 0. The number of rotatable bonds is 4. The number of benzene rings is 2. The molecule has 2 saturated heterocycles. The fraction of sp³-hybridized carbons (Fsp3) is 0.519. The van der Waals surface area contributed by atoms with E-state index >= 15 is 0 Å². The number of alkyl halides is 6. The number of hydrogen-bond acceptors (Lipinski definition) is 3. The van der Waals surface area contributed by atoms with Gasteiger partial charge in [-0.1, -0.05) is 12.1 Å². The van der Waals surface area contributed by atoms with Gasteiger partial charge in [0, 0.05) is 43.7 Å². The largest absolute Gasteiger partial charge is 0.416 e. The third-order valence-corrected chi connectivity index (χ3v) is 7.71. The highest BCUT2D eigenvalue weighted by Gasteiger charge is 2.40. The molecule has 224 valence electrons. The van der Waals surface area contributed by atoms with Crippen molar-refractivity contribution in [2.45, 2.75) is 56.5 Å². The zero-order valence-corrected chi connectivity index (χ0v) is 23.5. The van der Waals surface area contributed by atoms with Gasteiger partial charge in [0.05, 0.1) is 11.1 Å². The van der Waals surface area contributed by atoms with E-state index in [1.165, 1.54) is 18.0 Å². The van der Waals surface area contributed by atoms with Crippen molar-refractivity contribution in [2.24, 2.45) is 0 Å². The van der Waals surface area contributed by atoms with Crippen LogP contribution in [0.4, 0.5) is 30.7 Å². The zero-order valence-electron chi connectivity index (χ0n) is 21.9. The Bertz CT molecular complexity index is 1140. The van der Waals surface area contributed by atoms with Crippen LogP contribution in [-0.4, -0.2) is 61.0 Å². The Morgan fingerprint density at radius 1 is 0.925 bits per heavy atom. The lowest BCUT2D eigenvalue weighted by atomic mass is 9.83. The molecule has 0 saturated carbocycles. The highest BCUT2D eigenvalue weighted by molar-refractivity contribution is 5.95. The predicted molar refractivity (Wildman–Crippen MR) is 143 cm³/mol. The number of carbonyl (C=O) groups is 1. The topological polar surface area (TPSA) is 35.6 Å². The Morgan fingerprint density at radius 2 is 1.50 bits per heavy atom. The monoisotopic (exact) mass is 617 g/mol. The van der Waals surface area contributed by atoms with Crippen LogP contribution in [0.25, 0.3) is 0 Å². The highest BCUT2D eigenvalue weighted by Crippen LogP contribution is 2.38. The summed E-state index contributed by atoms with van der Waals surface area (Å²) in [5, 5.41) is 3.31. The van der Waals surface area contributed by atoms with Crippen LogP contribution in [0.15, 0.2) is 36.4 Å². The van der Waals surface area contributed by atoms with Crippen LogP contribution in [-0.2, 0) is 12.4 Å². The Kier molecular flexibility index (Phi) is 11.3. The third kappa shape index (κ3) is 7.60. The molecule has 40 heavy (non-hydrogen) atoms. The molecule has 1 N–H and O–H groups in total. The minimum atomic E-state index is -5.06. The van der Waals surface area contributed by atoms with E-state index in [0.29, 0.717) is 48.8 Å². The van der Waals surface area contributed by atoms with Crippen LogP contribution < -0.4 is 5.32 Å². The predicted octanol–water partition coefficient (Wildman–Crippen LogP) is 6.70. The number of halogens is 9. The number of likely N-dealkylation sites (N-methyl/N-ethyl adjacent to an activating group) is 1. The number of nitrogens with one attached hydrogen (secondary N) is 1. The van der Waals surface area contributed by atoms with E-state index in [-0.39, 0.29) is 36.8 Å². The maximum atomic E-state index is 14.5. The molecule has 0 spiro atoms. The Hall–Kier alpha value is -2.08. The van der Waals surface area contributed by atoms with Crippen molar-refractivity contribution >= 4 is 30.7 Å². The number of amides is 1. The molecule has 2 heterocycles. The highest BCUT2D eigenvalue weighted by atomic mass is 35.5. The number of hydrogen-bond donors (Lipinski definition) is 1. The minimum Gasteiger partial charge on any atom is -0.338 e. The first kappa shape index (κ1) is 34.1. The van der Waals surface area contributed by atoms with Crippen molar-refractivity contribution in [2.75, 3.05) is 33.2 Å². The molecule has 2 aromatic carbocycles. The van der Waals surface area contributed by atoms with Crippen LogP contribution in [0, 0.1) is 12.7 Å². The molecular formula is C27H32Cl2F7N3O. The van der Waals surface area contributed by atoms with Gasteiger partial charge < -0.3 is 10.2 Å². The van der Waals surface area contributed by atoms with E-state index in [1.807, 2.05) is 0 Å². The SMILES string of the molecule is Cc1ccc(C2CN(C3CCNCC3)CCC2N(C)C(=O)c2cc(C(F)(F)F)cc(C(F)(F)F)c2)cc1F.Cl.Cl. The van der Waals surface area contributed by atoms with Gasteiger partial charge in [0.25, 0.3) is 5.91 Å². The van der Waals surface area contributed by atoms with Gasteiger partial charge in [0.15, 0.2) is 0 Å². The molecule has 2 unspecified atom stereocenters. The number of aryl methyl sites for hydroxylation is 1. The number of piperidine rings is 2. The van der Waals surface area contributed by atoms with Crippen molar-refractivity contribution in [3.05, 3.63) is 70.0 Å². The summed E-state index contributed by atoms with van der Waals surface area (Å²) in [5.41, 5.74) is -2.69. The van der Waals surface area contributed by atoms with Gasteiger partial charge in [-0.2, -0.15) is 26.3 Å². The van der Waals surface area contributed by atoms with E-state index in [9.17, 15) is 35.5 Å². The summed E-state index contributed by atoms with van der Waals surface area (Å²) < 4.78 is 94.9. The van der Waals surface area contributed by atoms with E-state index in [4.69, 9.17) is 0 Å². The van der Waals surface area contributed by atoms with Gasteiger partial charge in [-0.3, -0.25) is 9.69 Å². The van der Waals surface area contributed by atoms with Crippen LogP contribution in [0.3, 0.4) is 0 Å². The molecule has 2 fully saturated rings. The lowest BCUT2D eigenvalue weighted by molar-refractivity contribution is -0.143. The second-order valence-corrected chi connectivity index (χ2v) is 10.2. The van der Waals surface area contributed by atoms with Gasteiger partial charge in [0.2, 0.25) is 0 Å². The summed E-state index contributed by atoms with van der Waals surface area (Å²) >= 11 is 0. The fourth-order valence-electron chi connectivity index (χ4n) is 5.53. The molecule has 2 aromatic rings. The molecule has 13 heteroatoms. The van der Waals surface area contributed by atoms with Gasteiger partial charge in [-0.05, 0) is 74.7 Å². The van der Waals surface area contributed by atoms with Gasteiger partial charge in [0.1, 0.15) is 5.82 Å². The summed E-state index contributed by atoms with van der Waals surface area (Å²) in [5.74, 6) is -1.74. The Morgan fingerprint density at radius 3 is 2.02 bits per heavy atom. The molecule has 0 radical (unpaired) electrons. The third-order valence-electron chi connectivity index (χ3n) is 7.71. The molecule has 0 bridgehead atoms. The molecule has 4 nitrogen and oxygen atoms in total. The normalized spacial score (nSPS) is 20.8. The first-order chi connectivity index (χ1) is 17.8. The lowest BCUT2D eigenvalue weighted by Crippen LogP contribution is -2.54. The number of likely N-dealkylation sites (tertiary alicyclic amines) is 1. The fourth-order valence-corrected chi connectivity index (χ4v) is 5.53. The standard InChI is InChI=1S/C27H30F7N3O.2ClH/c1-16-3-4-17(13-23(16)28)22-15-37(21-5-8-35-9-6-21)10-7-24(22)36(2)25(38)18-11-19(26(29,30)31)14-20(12-18)27(32,33)34;;/h3-4,11-14,21-22,24,35H,5-10,15H2,1-2H3;2*1H. The second kappa shape index (κ2) is 13.3.